The van der Waals surface area contributed by atoms with Gasteiger partial charge < -0.3 is 0 Å². The maximum Gasteiger partial charge on any atom is 0.416 e. The Morgan fingerprint density at radius 2 is 1.70 bits per heavy atom. The zero-order valence-corrected chi connectivity index (χ0v) is 10.5. The molecule has 0 N–H and O–H groups in total. The average molecular weight is 277 g/mol. The molecule has 0 bridgehead atoms. The monoisotopic (exact) mass is 277 g/mol. The maximum atomic E-state index is 12.5. The van der Waals surface area contributed by atoms with E-state index in [9.17, 15) is 13.2 Å². The SMILES string of the molecule is Cc1ccc2ncc(-c3ccc(C(F)(F)F)cc3)n2n1. The van der Waals surface area contributed by atoms with Crippen LogP contribution in [-0.2, 0) is 6.18 Å². The summed E-state index contributed by atoms with van der Waals surface area (Å²) in [7, 11) is 0. The number of alkyl halides is 3. The molecular weight excluding hydrogens is 267 g/mol. The molecule has 0 saturated heterocycles. The Balaban J connectivity index is 2.09. The van der Waals surface area contributed by atoms with Crippen molar-refractivity contribution in [1.82, 2.24) is 14.6 Å². The molecule has 0 fully saturated rings. The zero-order chi connectivity index (χ0) is 14.3. The van der Waals surface area contributed by atoms with Gasteiger partial charge in [-0.1, -0.05) is 12.1 Å². The average Bonchev–Trinajstić information content (AvgIpc) is 2.81. The first-order valence-electron chi connectivity index (χ1n) is 5.94. The van der Waals surface area contributed by atoms with E-state index in [4.69, 9.17) is 0 Å². The number of nitrogens with zero attached hydrogens (tertiary/aromatic N) is 3. The highest BCUT2D eigenvalue weighted by Crippen LogP contribution is 2.30. The van der Waals surface area contributed by atoms with Gasteiger partial charge in [0.05, 0.1) is 23.1 Å². The van der Waals surface area contributed by atoms with Gasteiger partial charge in [0.25, 0.3) is 0 Å². The van der Waals surface area contributed by atoms with E-state index >= 15 is 0 Å². The molecule has 2 aromatic heterocycles. The van der Waals surface area contributed by atoms with Crippen LogP contribution in [0.1, 0.15) is 11.3 Å². The van der Waals surface area contributed by atoms with Crippen LogP contribution >= 0.6 is 0 Å². The van der Waals surface area contributed by atoms with Crippen molar-refractivity contribution >= 4 is 5.65 Å². The number of aromatic nitrogens is 3. The van der Waals surface area contributed by atoms with Gasteiger partial charge in [0, 0.05) is 5.56 Å². The Hall–Kier alpha value is -2.37. The van der Waals surface area contributed by atoms with Crippen LogP contribution in [0.15, 0.2) is 42.6 Å². The van der Waals surface area contributed by atoms with Gasteiger partial charge in [0.1, 0.15) is 0 Å². The van der Waals surface area contributed by atoms with E-state index < -0.39 is 11.7 Å². The second-order valence-electron chi connectivity index (χ2n) is 4.46. The molecule has 2 heterocycles. The largest absolute Gasteiger partial charge is 0.416 e. The molecule has 0 amide bonds. The topological polar surface area (TPSA) is 30.2 Å². The number of imidazole rings is 1. The molecule has 1 aromatic carbocycles. The van der Waals surface area contributed by atoms with Crippen molar-refractivity contribution in [2.75, 3.05) is 0 Å². The fourth-order valence-electron chi connectivity index (χ4n) is 1.99. The number of hydrogen-bond acceptors (Lipinski definition) is 2. The Labute approximate surface area is 112 Å². The van der Waals surface area contributed by atoms with Crippen molar-refractivity contribution in [1.29, 1.82) is 0 Å². The second-order valence-corrected chi connectivity index (χ2v) is 4.46. The summed E-state index contributed by atoms with van der Waals surface area (Å²) in [5.74, 6) is 0. The van der Waals surface area contributed by atoms with Gasteiger partial charge in [0.15, 0.2) is 5.65 Å². The Kier molecular flexibility index (Phi) is 2.74. The summed E-state index contributed by atoms with van der Waals surface area (Å²) in [5, 5.41) is 4.32. The summed E-state index contributed by atoms with van der Waals surface area (Å²) >= 11 is 0. The third-order valence-electron chi connectivity index (χ3n) is 3.00. The minimum Gasteiger partial charge on any atom is -0.235 e. The van der Waals surface area contributed by atoms with Crippen LogP contribution in [0.4, 0.5) is 13.2 Å². The molecule has 3 nitrogen and oxygen atoms in total. The lowest BCUT2D eigenvalue weighted by atomic mass is 10.1. The minimum absolute atomic E-state index is 0.642. The Morgan fingerprint density at radius 3 is 2.35 bits per heavy atom. The third kappa shape index (κ3) is 2.13. The van der Waals surface area contributed by atoms with Gasteiger partial charge in [-0.2, -0.15) is 18.3 Å². The molecule has 0 aliphatic rings. The van der Waals surface area contributed by atoms with Crippen LogP contribution in [0.5, 0.6) is 0 Å². The smallest absolute Gasteiger partial charge is 0.235 e. The maximum absolute atomic E-state index is 12.5. The lowest BCUT2D eigenvalue weighted by molar-refractivity contribution is -0.137. The van der Waals surface area contributed by atoms with Gasteiger partial charge in [-0.25, -0.2) is 9.50 Å². The first-order valence-corrected chi connectivity index (χ1v) is 5.94. The fourth-order valence-corrected chi connectivity index (χ4v) is 1.99. The van der Waals surface area contributed by atoms with Gasteiger partial charge in [-0.05, 0) is 31.2 Å². The molecule has 0 spiro atoms. The molecule has 0 unspecified atom stereocenters. The van der Waals surface area contributed by atoms with Crippen molar-refractivity contribution in [2.24, 2.45) is 0 Å². The fraction of sp³-hybridized carbons (Fsp3) is 0.143. The lowest BCUT2D eigenvalue weighted by Gasteiger charge is -2.07. The van der Waals surface area contributed by atoms with Crippen LogP contribution in [0.2, 0.25) is 0 Å². The first-order chi connectivity index (χ1) is 9.45. The number of halogens is 3. The second kappa shape index (κ2) is 4.33. The van der Waals surface area contributed by atoms with Crippen LogP contribution in [0.3, 0.4) is 0 Å². The molecule has 0 aliphatic heterocycles. The number of benzene rings is 1. The molecule has 0 atom stereocenters. The van der Waals surface area contributed by atoms with Crippen molar-refractivity contribution in [2.45, 2.75) is 13.1 Å². The number of hydrogen-bond donors (Lipinski definition) is 0. The van der Waals surface area contributed by atoms with Gasteiger partial charge in [-0.3, -0.25) is 0 Å². The van der Waals surface area contributed by atoms with E-state index in [-0.39, 0.29) is 0 Å². The zero-order valence-electron chi connectivity index (χ0n) is 10.5. The molecule has 3 aromatic rings. The minimum atomic E-state index is -4.33. The standard InChI is InChI=1S/C14H10F3N3/c1-9-2-7-13-18-8-12(20(13)19-9)10-3-5-11(6-4-10)14(15,16)17/h2-8H,1H3. The van der Waals surface area contributed by atoms with Crippen molar-refractivity contribution in [3.63, 3.8) is 0 Å². The predicted octanol–water partition coefficient (Wildman–Crippen LogP) is 3.72. The number of rotatable bonds is 1. The van der Waals surface area contributed by atoms with E-state index in [2.05, 4.69) is 10.1 Å². The summed E-state index contributed by atoms with van der Waals surface area (Å²) in [6.45, 7) is 1.84. The summed E-state index contributed by atoms with van der Waals surface area (Å²) in [5.41, 5.74) is 2.11. The van der Waals surface area contributed by atoms with Gasteiger partial charge in [0.2, 0.25) is 0 Å². The molecule has 0 saturated carbocycles. The quantitative estimate of drug-likeness (QED) is 0.678. The highest BCUT2D eigenvalue weighted by molar-refractivity contribution is 5.63. The van der Waals surface area contributed by atoms with Gasteiger partial charge >= 0.3 is 6.18 Å². The Morgan fingerprint density at radius 1 is 1.00 bits per heavy atom. The summed E-state index contributed by atoms with van der Waals surface area (Å²) in [6, 6.07) is 8.62. The van der Waals surface area contributed by atoms with E-state index in [1.165, 1.54) is 12.1 Å². The molecule has 0 radical (unpaired) electrons. The highest BCUT2D eigenvalue weighted by Gasteiger charge is 2.30. The van der Waals surface area contributed by atoms with E-state index in [0.29, 0.717) is 16.9 Å². The van der Waals surface area contributed by atoms with Crippen molar-refractivity contribution in [3.8, 4) is 11.3 Å². The van der Waals surface area contributed by atoms with Crippen LogP contribution in [0.25, 0.3) is 16.9 Å². The molecule has 6 heteroatoms. The molecule has 0 aliphatic carbocycles. The van der Waals surface area contributed by atoms with Gasteiger partial charge in [-0.15, -0.1) is 0 Å². The summed E-state index contributed by atoms with van der Waals surface area (Å²) in [4.78, 5) is 4.19. The number of fused-ring (bicyclic) bond motifs is 1. The van der Waals surface area contributed by atoms with E-state index in [0.717, 1.165) is 17.8 Å². The van der Waals surface area contributed by atoms with E-state index in [1.807, 2.05) is 19.1 Å². The Bertz CT molecular complexity index is 757. The molecule has 102 valence electrons. The number of aryl methyl sites for hydroxylation is 1. The van der Waals surface area contributed by atoms with Crippen LogP contribution < -0.4 is 0 Å². The normalized spacial score (nSPS) is 12.0. The predicted molar refractivity (Wildman–Crippen MR) is 68.2 cm³/mol. The summed E-state index contributed by atoms with van der Waals surface area (Å²) < 4.78 is 39.2. The first kappa shape index (κ1) is 12.7. The van der Waals surface area contributed by atoms with Crippen molar-refractivity contribution < 1.29 is 13.2 Å². The molecule has 3 rings (SSSR count). The molecule has 20 heavy (non-hydrogen) atoms. The highest BCUT2D eigenvalue weighted by atomic mass is 19.4. The van der Waals surface area contributed by atoms with Crippen LogP contribution in [0, 0.1) is 6.92 Å². The summed E-state index contributed by atoms with van der Waals surface area (Å²) in [6.07, 6.45) is -2.72. The van der Waals surface area contributed by atoms with Crippen molar-refractivity contribution in [3.05, 3.63) is 53.9 Å². The van der Waals surface area contributed by atoms with Crippen LogP contribution in [-0.4, -0.2) is 14.6 Å². The third-order valence-corrected chi connectivity index (χ3v) is 3.00. The lowest BCUT2D eigenvalue weighted by Crippen LogP contribution is -2.04. The van der Waals surface area contributed by atoms with E-state index in [1.54, 1.807) is 10.7 Å². The molecular formula is C14H10F3N3.